The second kappa shape index (κ2) is 27.0. The Bertz CT molecular complexity index is 351. The van der Waals surface area contributed by atoms with Crippen LogP contribution < -0.4 is 0 Å². The fourth-order valence-electron chi connectivity index (χ4n) is 3.74. The molecule has 7 heteroatoms. The van der Waals surface area contributed by atoms with Crippen LogP contribution in [-0.2, 0) is 22.8 Å². The maximum Gasteiger partial charge on any atom is 0.500 e. The lowest BCUT2D eigenvalue weighted by atomic mass is 10.1. The Morgan fingerprint density at radius 3 is 1.33 bits per heavy atom. The Morgan fingerprint density at radius 2 is 0.939 bits per heavy atom. The van der Waals surface area contributed by atoms with E-state index >= 15 is 0 Å². The number of rotatable bonds is 28. The van der Waals surface area contributed by atoms with Crippen LogP contribution in [0.1, 0.15) is 110 Å². The average molecular weight is 509 g/mol. The largest absolute Gasteiger partial charge is 0.500 e. The number of thiol groups is 1. The van der Waals surface area contributed by atoms with Crippen molar-refractivity contribution in [2.24, 2.45) is 0 Å². The maximum absolute atomic E-state index is 6.12. The normalized spacial score (nSPS) is 12.0. The molecule has 0 aromatic carbocycles. The zero-order valence-electron chi connectivity index (χ0n) is 22.3. The quantitative estimate of drug-likeness (QED) is 0.0675. The number of hydrogen-bond donors (Lipinski definition) is 1. The van der Waals surface area contributed by atoms with Crippen molar-refractivity contribution in [3.05, 3.63) is 0 Å². The van der Waals surface area contributed by atoms with Gasteiger partial charge in [-0.1, -0.05) is 90.9 Å². The van der Waals surface area contributed by atoms with Gasteiger partial charge in [0.2, 0.25) is 0 Å². The van der Waals surface area contributed by atoms with E-state index in [0.717, 1.165) is 44.3 Å². The molecule has 0 aliphatic carbocycles. The highest BCUT2D eigenvalue weighted by Crippen LogP contribution is 2.18. The number of ether oxygens (including phenoxy) is 2. The van der Waals surface area contributed by atoms with Gasteiger partial charge in [-0.15, -0.1) is 0 Å². The summed E-state index contributed by atoms with van der Waals surface area (Å²) in [5.41, 5.74) is 0. The Hall–Kier alpha value is 0.367. The van der Waals surface area contributed by atoms with Crippen LogP contribution >= 0.6 is 12.6 Å². The average Bonchev–Trinajstić information content (AvgIpc) is 2.84. The Kier molecular flexibility index (Phi) is 27.3. The van der Waals surface area contributed by atoms with Crippen molar-refractivity contribution < 1.29 is 22.8 Å². The first-order valence-corrected chi connectivity index (χ1v) is 16.4. The van der Waals surface area contributed by atoms with Crippen LogP contribution in [0.25, 0.3) is 0 Å². The van der Waals surface area contributed by atoms with Gasteiger partial charge in [-0.05, 0) is 25.0 Å². The van der Waals surface area contributed by atoms with Gasteiger partial charge in [-0.3, -0.25) is 0 Å². The SMILES string of the molecule is CCCCCCCCCOCCO[Si](CCCS)(OC)OCCOCCCCCCCCC. The van der Waals surface area contributed by atoms with Crippen molar-refractivity contribution in [1.29, 1.82) is 0 Å². The van der Waals surface area contributed by atoms with Crippen molar-refractivity contribution in [1.82, 2.24) is 0 Å². The van der Waals surface area contributed by atoms with Crippen molar-refractivity contribution in [2.45, 2.75) is 116 Å². The third-order valence-electron chi connectivity index (χ3n) is 5.84. The molecule has 0 aromatic heterocycles. The lowest BCUT2D eigenvalue weighted by Crippen LogP contribution is -2.46. The van der Waals surface area contributed by atoms with Crippen LogP contribution in [0.15, 0.2) is 0 Å². The van der Waals surface area contributed by atoms with Gasteiger partial charge in [0, 0.05) is 26.4 Å². The highest BCUT2D eigenvalue weighted by Gasteiger charge is 2.39. The van der Waals surface area contributed by atoms with Crippen molar-refractivity contribution in [2.75, 3.05) is 52.5 Å². The molecule has 0 fully saturated rings. The first-order chi connectivity index (χ1) is 16.2. The standard InChI is InChI=1S/C26H56O5SSi/c1-4-6-8-10-12-14-16-19-28-21-23-30-33(27-3,26-18-25-32)31-24-22-29-20-17-15-13-11-9-7-5-2/h32H,4-26H2,1-3H3. The van der Waals surface area contributed by atoms with Crippen LogP contribution in [0.2, 0.25) is 6.04 Å². The van der Waals surface area contributed by atoms with E-state index in [4.69, 9.17) is 22.8 Å². The fraction of sp³-hybridized carbons (Fsp3) is 1.00. The molecule has 0 unspecified atom stereocenters. The molecule has 0 aliphatic rings. The smallest absolute Gasteiger partial charge is 0.379 e. The van der Waals surface area contributed by atoms with Gasteiger partial charge in [-0.2, -0.15) is 12.6 Å². The van der Waals surface area contributed by atoms with Crippen LogP contribution in [0.3, 0.4) is 0 Å². The first-order valence-electron chi connectivity index (χ1n) is 13.8. The third kappa shape index (κ3) is 22.6. The summed E-state index contributed by atoms with van der Waals surface area (Å²) in [5.74, 6) is 0.800. The van der Waals surface area contributed by atoms with Crippen molar-refractivity contribution in [3.8, 4) is 0 Å². The Balaban J connectivity index is 3.85. The number of hydrogen-bond acceptors (Lipinski definition) is 6. The molecule has 0 bridgehead atoms. The van der Waals surface area contributed by atoms with Gasteiger partial charge in [0.15, 0.2) is 0 Å². The second-order valence-corrected chi connectivity index (χ2v) is 12.2. The third-order valence-corrected chi connectivity index (χ3v) is 9.03. The molecule has 0 heterocycles. The molecule has 5 nitrogen and oxygen atoms in total. The van der Waals surface area contributed by atoms with Crippen LogP contribution in [0.4, 0.5) is 0 Å². The van der Waals surface area contributed by atoms with E-state index in [9.17, 15) is 0 Å². The second-order valence-electron chi connectivity index (χ2n) is 8.88. The summed E-state index contributed by atoms with van der Waals surface area (Å²) < 4.78 is 29.5. The van der Waals surface area contributed by atoms with E-state index in [1.165, 1.54) is 77.0 Å². The summed E-state index contributed by atoms with van der Waals surface area (Å²) in [4.78, 5) is 0. The molecule has 0 spiro atoms. The zero-order valence-corrected chi connectivity index (χ0v) is 24.1. The van der Waals surface area contributed by atoms with Gasteiger partial charge in [0.05, 0.1) is 26.4 Å². The monoisotopic (exact) mass is 508 g/mol. The molecular weight excluding hydrogens is 452 g/mol. The molecule has 0 saturated carbocycles. The van der Waals surface area contributed by atoms with Crippen molar-refractivity contribution >= 4 is 21.4 Å². The number of unbranched alkanes of at least 4 members (excludes halogenated alkanes) is 12. The first kappa shape index (κ1) is 33.4. The predicted octanol–water partition coefficient (Wildman–Crippen LogP) is 7.46. The van der Waals surface area contributed by atoms with E-state index in [1.54, 1.807) is 7.11 Å². The van der Waals surface area contributed by atoms with E-state index in [-0.39, 0.29) is 0 Å². The molecule has 200 valence electrons. The van der Waals surface area contributed by atoms with Crippen LogP contribution in [0, 0.1) is 0 Å². The molecule has 0 radical (unpaired) electrons. The van der Waals surface area contributed by atoms with E-state index in [1.807, 2.05) is 0 Å². The molecule has 0 atom stereocenters. The van der Waals surface area contributed by atoms with Gasteiger partial charge >= 0.3 is 8.80 Å². The molecule has 0 aromatic rings. The minimum atomic E-state index is -2.69. The summed E-state index contributed by atoms with van der Waals surface area (Å²) in [6.45, 7) is 8.34. The van der Waals surface area contributed by atoms with E-state index in [2.05, 4.69) is 26.5 Å². The molecule has 33 heavy (non-hydrogen) atoms. The summed E-state index contributed by atoms with van der Waals surface area (Å²) in [6.07, 6.45) is 19.1. The molecule has 0 rings (SSSR count). The van der Waals surface area contributed by atoms with E-state index < -0.39 is 8.80 Å². The van der Waals surface area contributed by atoms with E-state index in [0.29, 0.717) is 26.4 Å². The van der Waals surface area contributed by atoms with Gasteiger partial charge in [0.1, 0.15) is 0 Å². The molecule has 0 aliphatic heterocycles. The zero-order chi connectivity index (χ0) is 24.3. The lowest BCUT2D eigenvalue weighted by molar-refractivity contribution is 0.0207. The van der Waals surface area contributed by atoms with Crippen LogP contribution in [0.5, 0.6) is 0 Å². The fourth-order valence-corrected chi connectivity index (χ4v) is 6.41. The highest BCUT2D eigenvalue weighted by atomic mass is 32.1. The Labute approximate surface area is 212 Å². The van der Waals surface area contributed by atoms with Gasteiger partial charge in [0.25, 0.3) is 0 Å². The highest BCUT2D eigenvalue weighted by molar-refractivity contribution is 7.80. The summed E-state index contributed by atoms with van der Waals surface area (Å²) >= 11 is 4.34. The van der Waals surface area contributed by atoms with Gasteiger partial charge in [-0.25, -0.2) is 0 Å². The minimum Gasteiger partial charge on any atom is -0.379 e. The Morgan fingerprint density at radius 1 is 0.515 bits per heavy atom. The van der Waals surface area contributed by atoms with Crippen molar-refractivity contribution in [3.63, 3.8) is 0 Å². The summed E-state index contributed by atoms with van der Waals surface area (Å²) in [5, 5.41) is 0. The molecule has 0 amide bonds. The summed E-state index contributed by atoms with van der Waals surface area (Å²) in [6, 6.07) is 0.780. The topological polar surface area (TPSA) is 46.2 Å². The van der Waals surface area contributed by atoms with Crippen LogP contribution in [-0.4, -0.2) is 61.3 Å². The molecule has 0 N–H and O–H groups in total. The summed E-state index contributed by atoms with van der Waals surface area (Å²) in [7, 11) is -0.990. The maximum atomic E-state index is 6.12. The molecule has 0 saturated heterocycles. The molecular formula is C26H56O5SSi. The van der Waals surface area contributed by atoms with Gasteiger partial charge < -0.3 is 22.8 Å². The minimum absolute atomic E-state index is 0.516. The lowest BCUT2D eigenvalue weighted by Gasteiger charge is -2.28. The predicted molar refractivity (Wildman–Crippen MR) is 146 cm³/mol.